The molecule has 3 amide bonds. The van der Waals surface area contributed by atoms with Crippen LogP contribution in [0.5, 0.6) is 17.2 Å². The van der Waals surface area contributed by atoms with E-state index in [-0.39, 0.29) is 11.9 Å². The van der Waals surface area contributed by atoms with Crippen LogP contribution in [0, 0.1) is 0 Å². The molecule has 29 heavy (non-hydrogen) atoms. The number of rotatable bonds is 6. The first kappa shape index (κ1) is 19.1. The maximum atomic E-state index is 13.2. The number of carbonyl (C=O) groups excluding carboxylic acids is 2. The fourth-order valence-corrected chi connectivity index (χ4v) is 4.38. The van der Waals surface area contributed by atoms with Crippen LogP contribution >= 0.6 is 11.3 Å². The zero-order chi connectivity index (χ0) is 20.5. The molecule has 1 atom stereocenters. The highest BCUT2D eigenvalue weighted by molar-refractivity contribution is 7.09. The third kappa shape index (κ3) is 3.38. The van der Waals surface area contributed by atoms with Crippen LogP contribution in [0.3, 0.4) is 0 Å². The van der Waals surface area contributed by atoms with Crippen LogP contribution in [0.4, 0.5) is 4.79 Å². The molecule has 1 aromatic carbocycles. The molecule has 0 aliphatic carbocycles. The number of benzene rings is 1. The van der Waals surface area contributed by atoms with Crippen LogP contribution in [0.1, 0.15) is 16.5 Å². The molecular formula is C20H21N3O5S. The zero-order valence-electron chi connectivity index (χ0n) is 16.3. The first-order chi connectivity index (χ1) is 14.0. The first-order valence-corrected chi connectivity index (χ1v) is 9.85. The maximum Gasteiger partial charge on any atom is 0.319 e. The lowest BCUT2D eigenvalue weighted by molar-refractivity contribution is -0.126. The molecule has 2 aliphatic rings. The van der Waals surface area contributed by atoms with Crippen molar-refractivity contribution in [3.8, 4) is 17.2 Å². The van der Waals surface area contributed by atoms with Gasteiger partial charge in [0.05, 0.1) is 51.7 Å². The largest absolute Gasteiger partial charge is 0.493 e. The van der Waals surface area contributed by atoms with E-state index in [0.717, 1.165) is 4.88 Å². The molecule has 8 nitrogen and oxygen atoms in total. The standard InChI is InChI=1S/C20H21N3O5S/c1-26-14-7-11(8-15(27-2)18(14)28-3)17-16-13(21-20(25)22-17)10-23(19(16)24)9-12-5-4-6-29-12/h4-8,17H,9-10H2,1-3H3,(H2,21,22,25)/t17-/m1/s1. The average molecular weight is 415 g/mol. The van der Waals surface area contributed by atoms with Crippen LogP contribution < -0.4 is 24.8 Å². The van der Waals surface area contributed by atoms with Gasteiger partial charge in [0, 0.05) is 4.88 Å². The molecule has 0 saturated heterocycles. The Labute approximate surface area is 172 Å². The topological polar surface area (TPSA) is 89.1 Å². The Hall–Kier alpha value is -3.20. The number of hydrogen-bond acceptors (Lipinski definition) is 6. The van der Waals surface area contributed by atoms with Crippen LogP contribution in [0.25, 0.3) is 0 Å². The number of urea groups is 1. The van der Waals surface area contributed by atoms with Gasteiger partial charge in [0.15, 0.2) is 11.5 Å². The molecular weight excluding hydrogens is 394 g/mol. The second kappa shape index (κ2) is 7.67. The summed E-state index contributed by atoms with van der Waals surface area (Å²) in [5.41, 5.74) is 1.82. The van der Waals surface area contributed by atoms with E-state index in [0.29, 0.717) is 47.2 Å². The predicted octanol–water partition coefficient (Wildman–Crippen LogP) is 2.42. The van der Waals surface area contributed by atoms with Gasteiger partial charge >= 0.3 is 6.03 Å². The minimum absolute atomic E-state index is 0.111. The third-order valence-electron chi connectivity index (χ3n) is 4.97. The SMILES string of the molecule is COc1cc([C@H]2NC(=O)NC3=C2C(=O)N(Cc2cccs2)C3)cc(OC)c1OC. The van der Waals surface area contributed by atoms with Gasteiger partial charge in [-0.05, 0) is 29.1 Å². The van der Waals surface area contributed by atoms with Crippen molar-refractivity contribution in [1.82, 2.24) is 15.5 Å². The molecule has 0 spiro atoms. The number of nitrogens with zero attached hydrogens (tertiary/aromatic N) is 1. The molecule has 0 radical (unpaired) electrons. The summed E-state index contributed by atoms with van der Waals surface area (Å²) in [6.45, 7) is 0.863. The smallest absolute Gasteiger partial charge is 0.319 e. The molecule has 3 heterocycles. The van der Waals surface area contributed by atoms with E-state index >= 15 is 0 Å². The summed E-state index contributed by atoms with van der Waals surface area (Å²) < 4.78 is 16.2. The molecule has 2 N–H and O–H groups in total. The molecule has 0 saturated carbocycles. The fraction of sp³-hybridized carbons (Fsp3) is 0.300. The lowest BCUT2D eigenvalue weighted by Crippen LogP contribution is -2.44. The van der Waals surface area contributed by atoms with Crippen LogP contribution in [0.2, 0.25) is 0 Å². The molecule has 152 valence electrons. The van der Waals surface area contributed by atoms with Crippen LogP contribution in [0.15, 0.2) is 40.9 Å². The van der Waals surface area contributed by atoms with E-state index in [1.165, 1.54) is 21.3 Å². The second-order valence-electron chi connectivity index (χ2n) is 6.62. The lowest BCUT2D eigenvalue weighted by Gasteiger charge is -2.26. The number of thiophene rings is 1. The number of amides is 3. The molecule has 0 unspecified atom stereocenters. The minimum atomic E-state index is -0.617. The van der Waals surface area contributed by atoms with E-state index in [4.69, 9.17) is 14.2 Å². The summed E-state index contributed by atoms with van der Waals surface area (Å²) in [5, 5.41) is 7.61. The number of ether oxygens (including phenoxy) is 3. The van der Waals surface area contributed by atoms with E-state index in [2.05, 4.69) is 10.6 Å². The molecule has 2 aliphatic heterocycles. The van der Waals surface area contributed by atoms with E-state index < -0.39 is 6.04 Å². The van der Waals surface area contributed by atoms with Crippen molar-refractivity contribution < 1.29 is 23.8 Å². The van der Waals surface area contributed by atoms with Crippen molar-refractivity contribution in [2.45, 2.75) is 12.6 Å². The van der Waals surface area contributed by atoms with Gasteiger partial charge in [-0.25, -0.2) is 4.79 Å². The number of methoxy groups -OCH3 is 3. The van der Waals surface area contributed by atoms with Gasteiger partial charge in [-0.3, -0.25) is 4.79 Å². The monoisotopic (exact) mass is 415 g/mol. The van der Waals surface area contributed by atoms with Crippen molar-refractivity contribution in [3.05, 3.63) is 51.4 Å². The summed E-state index contributed by atoms with van der Waals surface area (Å²) in [6, 6.07) is 6.47. The molecule has 0 bridgehead atoms. The second-order valence-corrected chi connectivity index (χ2v) is 7.66. The highest BCUT2D eigenvalue weighted by Gasteiger charge is 2.41. The summed E-state index contributed by atoms with van der Waals surface area (Å²) in [4.78, 5) is 28.3. The average Bonchev–Trinajstić information content (AvgIpc) is 3.34. The van der Waals surface area contributed by atoms with E-state index in [1.807, 2.05) is 17.5 Å². The Kier molecular flexibility index (Phi) is 5.06. The van der Waals surface area contributed by atoms with Gasteiger partial charge < -0.3 is 29.7 Å². The Morgan fingerprint density at radius 1 is 1.14 bits per heavy atom. The van der Waals surface area contributed by atoms with Gasteiger partial charge in [0.25, 0.3) is 5.91 Å². The Morgan fingerprint density at radius 3 is 2.45 bits per heavy atom. The van der Waals surface area contributed by atoms with Gasteiger partial charge in [-0.1, -0.05) is 6.07 Å². The molecule has 0 fully saturated rings. The predicted molar refractivity (Wildman–Crippen MR) is 107 cm³/mol. The Bertz CT molecular complexity index is 961. The zero-order valence-corrected chi connectivity index (χ0v) is 17.1. The van der Waals surface area contributed by atoms with Crippen molar-refractivity contribution in [2.24, 2.45) is 0 Å². The van der Waals surface area contributed by atoms with Crippen molar-refractivity contribution in [2.75, 3.05) is 27.9 Å². The summed E-state index contributed by atoms with van der Waals surface area (Å²) in [5.74, 6) is 1.25. The summed E-state index contributed by atoms with van der Waals surface area (Å²) in [7, 11) is 4.57. The summed E-state index contributed by atoms with van der Waals surface area (Å²) in [6.07, 6.45) is 0. The van der Waals surface area contributed by atoms with Crippen molar-refractivity contribution in [1.29, 1.82) is 0 Å². The third-order valence-corrected chi connectivity index (χ3v) is 5.83. The molecule has 2 aromatic rings. The molecule has 4 rings (SSSR count). The maximum absolute atomic E-state index is 13.2. The molecule has 9 heteroatoms. The van der Waals surface area contributed by atoms with Gasteiger partial charge in [-0.15, -0.1) is 11.3 Å². The minimum Gasteiger partial charge on any atom is -0.493 e. The van der Waals surface area contributed by atoms with E-state index in [1.54, 1.807) is 28.4 Å². The molecule has 1 aromatic heterocycles. The highest BCUT2D eigenvalue weighted by Crippen LogP contribution is 2.42. The lowest BCUT2D eigenvalue weighted by atomic mass is 9.95. The van der Waals surface area contributed by atoms with Crippen LogP contribution in [-0.2, 0) is 11.3 Å². The fourth-order valence-electron chi connectivity index (χ4n) is 3.66. The normalized spacial score (nSPS) is 18.3. The van der Waals surface area contributed by atoms with Crippen molar-refractivity contribution >= 4 is 23.3 Å². The van der Waals surface area contributed by atoms with E-state index in [9.17, 15) is 9.59 Å². The first-order valence-electron chi connectivity index (χ1n) is 8.97. The van der Waals surface area contributed by atoms with Gasteiger partial charge in [-0.2, -0.15) is 0 Å². The summed E-state index contributed by atoms with van der Waals surface area (Å²) >= 11 is 1.59. The number of nitrogens with one attached hydrogen (secondary N) is 2. The number of hydrogen-bond donors (Lipinski definition) is 2. The van der Waals surface area contributed by atoms with Gasteiger partial charge in [0.2, 0.25) is 5.75 Å². The van der Waals surface area contributed by atoms with Crippen LogP contribution in [-0.4, -0.2) is 44.7 Å². The Morgan fingerprint density at radius 2 is 1.86 bits per heavy atom. The quantitative estimate of drug-likeness (QED) is 0.757. The Balaban J connectivity index is 1.71. The van der Waals surface area contributed by atoms with Gasteiger partial charge in [0.1, 0.15) is 0 Å². The number of carbonyl (C=O) groups is 2. The van der Waals surface area contributed by atoms with Crippen molar-refractivity contribution in [3.63, 3.8) is 0 Å². The highest BCUT2D eigenvalue weighted by atomic mass is 32.1.